The van der Waals surface area contributed by atoms with Crippen molar-refractivity contribution in [3.63, 3.8) is 0 Å². The summed E-state index contributed by atoms with van der Waals surface area (Å²) in [4.78, 5) is 0. The second-order valence-electron chi connectivity index (χ2n) is 4.15. The highest BCUT2D eigenvalue weighted by atomic mass is 16.5. The minimum absolute atomic E-state index is 0.241. The Hall–Kier alpha value is -1.50. The molecule has 0 spiro atoms. The summed E-state index contributed by atoms with van der Waals surface area (Å²) in [6.45, 7) is 8.20. The van der Waals surface area contributed by atoms with E-state index in [0.717, 1.165) is 23.1 Å². The Bertz CT molecular complexity index is 488. The van der Waals surface area contributed by atoms with Crippen molar-refractivity contribution < 1.29 is 4.74 Å². The predicted molar refractivity (Wildman–Crippen MR) is 68.8 cm³/mol. The SMILES string of the molecule is [CH2]c1cc(OC(C)CC)c2ccccc2c1. The topological polar surface area (TPSA) is 9.23 Å². The standard InChI is InChI=1S/C15H17O/c1-4-12(3)16-15-10-11(2)9-13-7-5-6-8-14(13)15/h5-10,12H,2,4H2,1,3H3. The van der Waals surface area contributed by atoms with E-state index in [4.69, 9.17) is 4.74 Å². The molecule has 2 aromatic carbocycles. The van der Waals surface area contributed by atoms with Gasteiger partial charge in [-0.1, -0.05) is 37.3 Å². The maximum absolute atomic E-state index is 5.92. The van der Waals surface area contributed by atoms with Gasteiger partial charge in [-0.3, -0.25) is 0 Å². The van der Waals surface area contributed by atoms with E-state index in [9.17, 15) is 0 Å². The first-order chi connectivity index (χ1) is 7.70. The van der Waals surface area contributed by atoms with Crippen LogP contribution in [0.5, 0.6) is 5.75 Å². The Labute approximate surface area is 97.1 Å². The molecule has 0 aliphatic carbocycles. The molecule has 0 N–H and O–H groups in total. The molecule has 0 bridgehead atoms. The number of benzene rings is 2. The fourth-order valence-electron chi connectivity index (χ4n) is 1.73. The lowest BCUT2D eigenvalue weighted by Crippen LogP contribution is -2.10. The lowest BCUT2D eigenvalue weighted by molar-refractivity contribution is 0.220. The summed E-state index contributed by atoms with van der Waals surface area (Å²) >= 11 is 0. The Morgan fingerprint density at radius 1 is 1.25 bits per heavy atom. The minimum Gasteiger partial charge on any atom is -0.490 e. The zero-order valence-electron chi connectivity index (χ0n) is 9.86. The third-order valence-corrected chi connectivity index (χ3v) is 2.79. The van der Waals surface area contributed by atoms with Gasteiger partial charge in [0.1, 0.15) is 5.75 Å². The van der Waals surface area contributed by atoms with Gasteiger partial charge < -0.3 is 4.74 Å². The molecular formula is C15H17O. The molecular weight excluding hydrogens is 196 g/mol. The summed E-state index contributed by atoms with van der Waals surface area (Å²) < 4.78 is 5.92. The lowest BCUT2D eigenvalue weighted by Gasteiger charge is -2.15. The van der Waals surface area contributed by atoms with Gasteiger partial charge in [-0.05, 0) is 37.3 Å². The van der Waals surface area contributed by atoms with Crippen molar-refractivity contribution in [3.05, 3.63) is 48.9 Å². The molecule has 0 heterocycles. The molecule has 1 radical (unpaired) electrons. The van der Waals surface area contributed by atoms with Gasteiger partial charge in [0.2, 0.25) is 0 Å². The van der Waals surface area contributed by atoms with Crippen molar-refractivity contribution in [2.75, 3.05) is 0 Å². The first kappa shape index (κ1) is 11.0. The van der Waals surface area contributed by atoms with Crippen LogP contribution in [0.1, 0.15) is 25.8 Å². The maximum Gasteiger partial charge on any atom is 0.127 e. The molecule has 0 fully saturated rings. The molecule has 2 aromatic rings. The van der Waals surface area contributed by atoms with Crippen LogP contribution in [0, 0.1) is 6.92 Å². The second-order valence-corrected chi connectivity index (χ2v) is 4.15. The predicted octanol–water partition coefficient (Wildman–Crippen LogP) is 4.20. The van der Waals surface area contributed by atoms with Gasteiger partial charge in [0.05, 0.1) is 6.10 Å². The Morgan fingerprint density at radius 3 is 2.75 bits per heavy atom. The van der Waals surface area contributed by atoms with Crippen molar-refractivity contribution in [3.8, 4) is 5.75 Å². The summed E-state index contributed by atoms with van der Waals surface area (Å²) in [5.41, 5.74) is 0.997. The molecule has 1 nitrogen and oxygen atoms in total. The quantitative estimate of drug-likeness (QED) is 0.742. The fourth-order valence-corrected chi connectivity index (χ4v) is 1.73. The van der Waals surface area contributed by atoms with Crippen molar-refractivity contribution in [2.24, 2.45) is 0 Å². The van der Waals surface area contributed by atoms with Gasteiger partial charge in [-0.2, -0.15) is 0 Å². The first-order valence-electron chi connectivity index (χ1n) is 5.72. The fraction of sp³-hybridized carbons (Fsp3) is 0.267. The van der Waals surface area contributed by atoms with Crippen molar-refractivity contribution in [1.82, 2.24) is 0 Å². The van der Waals surface area contributed by atoms with E-state index in [1.807, 2.05) is 18.2 Å². The zero-order chi connectivity index (χ0) is 11.5. The lowest BCUT2D eigenvalue weighted by atomic mass is 10.1. The molecule has 1 unspecified atom stereocenters. The largest absolute Gasteiger partial charge is 0.490 e. The van der Waals surface area contributed by atoms with Crippen LogP contribution in [0.4, 0.5) is 0 Å². The van der Waals surface area contributed by atoms with Gasteiger partial charge in [0.25, 0.3) is 0 Å². The van der Waals surface area contributed by atoms with Crippen LogP contribution in [0.2, 0.25) is 0 Å². The van der Waals surface area contributed by atoms with E-state index in [-0.39, 0.29) is 6.10 Å². The molecule has 0 aromatic heterocycles. The minimum atomic E-state index is 0.241. The molecule has 83 valence electrons. The van der Waals surface area contributed by atoms with E-state index in [1.54, 1.807) is 0 Å². The van der Waals surface area contributed by atoms with Crippen LogP contribution in [-0.4, -0.2) is 6.10 Å². The van der Waals surface area contributed by atoms with Gasteiger partial charge in [0, 0.05) is 5.39 Å². The monoisotopic (exact) mass is 213 g/mol. The molecule has 16 heavy (non-hydrogen) atoms. The highest BCUT2D eigenvalue weighted by Crippen LogP contribution is 2.28. The molecule has 2 rings (SSSR count). The van der Waals surface area contributed by atoms with Crippen LogP contribution < -0.4 is 4.74 Å². The van der Waals surface area contributed by atoms with E-state index in [0.29, 0.717) is 0 Å². The van der Waals surface area contributed by atoms with Crippen LogP contribution in [0.25, 0.3) is 10.8 Å². The highest BCUT2D eigenvalue weighted by Gasteiger charge is 2.06. The maximum atomic E-state index is 5.92. The smallest absolute Gasteiger partial charge is 0.127 e. The van der Waals surface area contributed by atoms with Crippen LogP contribution in [0.15, 0.2) is 36.4 Å². The molecule has 1 heteroatoms. The normalized spacial score (nSPS) is 12.7. The van der Waals surface area contributed by atoms with E-state index in [1.165, 1.54) is 5.39 Å². The van der Waals surface area contributed by atoms with Crippen LogP contribution >= 0.6 is 0 Å². The summed E-state index contributed by atoms with van der Waals surface area (Å²) in [5.74, 6) is 0.942. The number of rotatable bonds is 3. The molecule has 0 amide bonds. The number of ether oxygens (including phenoxy) is 1. The Balaban J connectivity index is 2.50. The average Bonchev–Trinajstić information content (AvgIpc) is 2.28. The summed E-state index contributed by atoms with van der Waals surface area (Å²) in [6, 6.07) is 12.3. The van der Waals surface area contributed by atoms with Crippen molar-refractivity contribution >= 4 is 10.8 Å². The van der Waals surface area contributed by atoms with Crippen molar-refractivity contribution in [2.45, 2.75) is 26.4 Å². The van der Waals surface area contributed by atoms with E-state index in [2.05, 4.69) is 39.0 Å². The van der Waals surface area contributed by atoms with Crippen molar-refractivity contribution in [1.29, 1.82) is 0 Å². The van der Waals surface area contributed by atoms with Gasteiger partial charge >= 0.3 is 0 Å². The van der Waals surface area contributed by atoms with Crippen LogP contribution in [-0.2, 0) is 0 Å². The van der Waals surface area contributed by atoms with Crippen LogP contribution in [0.3, 0.4) is 0 Å². The summed E-state index contributed by atoms with van der Waals surface area (Å²) in [7, 11) is 0. The average molecular weight is 213 g/mol. The number of hydrogen-bond acceptors (Lipinski definition) is 1. The number of fused-ring (bicyclic) bond motifs is 1. The Kier molecular flexibility index (Phi) is 3.14. The second kappa shape index (κ2) is 4.56. The van der Waals surface area contributed by atoms with Gasteiger partial charge in [0.15, 0.2) is 0 Å². The summed E-state index contributed by atoms with van der Waals surface area (Å²) in [6.07, 6.45) is 1.25. The highest BCUT2D eigenvalue weighted by molar-refractivity contribution is 5.89. The zero-order valence-corrected chi connectivity index (χ0v) is 9.86. The molecule has 0 aliphatic rings. The molecule has 0 saturated heterocycles. The number of hydrogen-bond donors (Lipinski definition) is 0. The molecule has 1 atom stereocenters. The van der Waals surface area contributed by atoms with E-state index < -0.39 is 0 Å². The summed E-state index contributed by atoms with van der Waals surface area (Å²) in [5, 5.41) is 2.35. The van der Waals surface area contributed by atoms with Gasteiger partial charge in [-0.15, -0.1) is 0 Å². The van der Waals surface area contributed by atoms with E-state index >= 15 is 0 Å². The first-order valence-corrected chi connectivity index (χ1v) is 5.72. The third-order valence-electron chi connectivity index (χ3n) is 2.79. The Morgan fingerprint density at radius 2 is 2.00 bits per heavy atom. The molecule has 0 saturated carbocycles. The molecule has 0 aliphatic heterocycles. The third kappa shape index (κ3) is 2.19. The van der Waals surface area contributed by atoms with Gasteiger partial charge in [-0.25, -0.2) is 0 Å².